The normalized spacial score (nSPS) is 10.5. The van der Waals surface area contributed by atoms with Gasteiger partial charge < -0.3 is 0 Å². The van der Waals surface area contributed by atoms with Crippen molar-refractivity contribution in [3.8, 4) is 11.1 Å². The van der Waals surface area contributed by atoms with Gasteiger partial charge in [-0.1, -0.05) is 24.3 Å². The van der Waals surface area contributed by atoms with Crippen molar-refractivity contribution in [2.75, 3.05) is 0 Å². The third-order valence-corrected chi connectivity index (χ3v) is 3.29. The predicted molar refractivity (Wildman–Crippen MR) is 64.5 cm³/mol. The van der Waals surface area contributed by atoms with Crippen LogP contribution in [0.3, 0.4) is 0 Å². The fourth-order valence-electron chi connectivity index (χ4n) is 1.42. The first-order valence-electron chi connectivity index (χ1n) is 4.49. The Bertz CT molecular complexity index is 488. The van der Waals surface area contributed by atoms with Gasteiger partial charge in [-0.2, -0.15) is 0 Å². The van der Waals surface area contributed by atoms with Crippen molar-refractivity contribution >= 4 is 22.6 Å². The molecule has 0 radical (unpaired) electrons. The Balaban J connectivity index is 2.68. The van der Waals surface area contributed by atoms with Gasteiger partial charge in [-0.3, -0.25) is 0 Å². The molecule has 0 aliphatic heterocycles. The molecule has 0 N–H and O–H groups in total. The molecule has 0 bridgehead atoms. The van der Waals surface area contributed by atoms with Gasteiger partial charge in [-0.15, -0.1) is 0 Å². The summed E-state index contributed by atoms with van der Waals surface area (Å²) in [6.07, 6.45) is 0. The van der Waals surface area contributed by atoms with E-state index in [-0.39, 0.29) is 9.13 Å². The van der Waals surface area contributed by atoms with Crippen molar-refractivity contribution in [3.63, 3.8) is 0 Å². The van der Waals surface area contributed by atoms with Gasteiger partial charge in [0.15, 0.2) is 11.6 Å². The Labute approximate surface area is 104 Å². The van der Waals surface area contributed by atoms with Crippen LogP contribution in [0.5, 0.6) is 0 Å². The van der Waals surface area contributed by atoms with Crippen molar-refractivity contribution < 1.29 is 13.2 Å². The minimum Gasteiger partial charge on any atom is -0.206 e. The van der Waals surface area contributed by atoms with Gasteiger partial charge in [0.1, 0.15) is 5.82 Å². The number of hydrogen-bond donors (Lipinski definition) is 0. The Morgan fingerprint density at radius 3 is 2.00 bits per heavy atom. The molecule has 2 rings (SSSR count). The van der Waals surface area contributed by atoms with Crippen LogP contribution in [0.25, 0.3) is 11.1 Å². The van der Waals surface area contributed by atoms with Crippen LogP contribution >= 0.6 is 22.6 Å². The standard InChI is InChI=1S/C12H6F3I/c13-9-5-1-3-7(11(9)15)8-4-2-6-10(14)12(8)16/h1-6H. The van der Waals surface area contributed by atoms with Crippen LogP contribution in [0.4, 0.5) is 13.2 Å². The molecule has 0 aliphatic rings. The number of hydrogen-bond acceptors (Lipinski definition) is 0. The van der Waals surface area contributed by atoms with E-state index in [4.69, 9.17) is 0 Å². The first kappa shape index (κ1) is 11.4. The molecule has 4 heteroatoms. The fraction of sp³-hybridized carbons (Fsp3) is 0. The number of rotatable bonds is 1. The van der Waals surface area contributed by atoms with E-state index in [0.717, 1.165) is 6.07 Å². The summed E-state index contributed by atoms with van der Waals surface area (Å²) in [7, 11) is 0. The van der Waals surface area contributed by atoms with Crippen molar-refractivity contribution in [1.82, 2.24) is 0 Å². The van der Waals surface area contributed by atoms with Gasteiger partial charge in [-0.25, -0.2) is 13.2 Å². The van der Waals surface area contributed by atoms with Gasteiger partial charge in [-0.05, 0) is 34.7 Å². The van der Waals surface area contributed by atoms with Crippen LogP contribution < -0.4 is 0 Å². The van der Waals surface area contributed by atoms with Gasteiger partial charge in [0, 0.05) is 11.1 Å². The van der Waals surface area contributed by atoms with E-state index in [9.17, 15) is 13.2 Å². The molecule has 0 heterocycles. The molecule has 16 heavy (non-hydrogen) atoms. The summed E-state index contributed by atoms with van der Waals surface area (Å²) in [5.74, 6) is -2.33. The lowest BCUT2D eigenvalue weighted by Gasteiger charge is -2.07. The third-order valence-electron chi connectivity index (χ3n) is 2.19. The van der Waals surface area contributed by atoms with E-state index in [2.05, 4.69) is 0 Å². The largest absolute Gasteiger partial charge is 0.206 e. The van der Waals surface area contributed by atoms with E-state index in [1.54, 1.807) is 28.7 Å². The zero-order chi connectivity index (χ0) is 11.7. The maximum Gasteiger partial charge on any atom is 0.166 e. The second-order valence-electron chi connectivity index (χ2n) is 3.20. The van der Waals surface area contributed by atoms with E-state index in [1.165, 1.54) is 24.3 Å². The van der Waals surface area contributed by atoms with Gasteiger partial charge in [0.25, 0.3) is 0 Å². The summed E-state index contributed by atoms with van der Waals surface area (Å²) in [6.45, 7) is 0. The average Bonchev–Trinajstić information content (AvgIpc) is 2.27. The quantitative estimate of drug-likeness (QED) is 0.679. The fourth-order valence-corrected chi connectivity index (χ4v) is 2.07. The smallest absolute Gasteiger partial charge is 0.166 e. The molecule has 0 amide bonds. The molecule has 0 aliphatic carbocycles. The molecule has 0 saturated carbocycles. The van der Waals surface area contributed by atoms with Crippen LogP contribution in [-0.2, 0) is 0 Å². The monoisotopic (exact) mass is 334 g/mol. The maximum atomic E-state index is 13.5. The Hall–Kier alpha value is -1.04. The minimum absolute atomic E-state index is 0.0731. The van der Waals surface area contributed by atoms with E-state index < -0.39 is 17.5 Å². The van der Waals surface area contributed by atoms with Gasteiger partial charge in [0.2, 0.25) is 0 Å². The van der Waals surface area contributed by atoms with E-state index in [1.807, 2.05) is 0 Å². The molecule has 0 unspecified atom stereocenters. The highest BCUT2D eigenvalue weighted by Gasteiger charge is 2.13. The molecule has 0 aromatic heterocycles. The molecular formula is C12H6F3I. The highest BCUT2D eigenvalue weighted by atomic mass is 127. The minimum atomic E-state index is -0.953. The Morgan fingerprint density at radius 1 is 0.750 bits per heavy atom. The summed E-state index contributed by atoms with van der Waals surface area (Å²) in [6, 6.07) is 8.16. The zero-order valence-electron chi connectivity index (χ0n) is 7.98. The van der Waals surface area contributed by atoms with Gasteiger partial charge in [0.05, 0.1) is 3.57 Å². The van der Waals surface area contributed by atoms with Crippen molar-refractivity contribution in [1.29, 1.82) is 0 Å². The van der Waals surface area contributed by atoms with E-state index in [0.29, 0.717) is 5.56 Å². The number of halogens is 4. The lowest BCUT2D eigenvalue weighted by atomic mass is 10.1. The second kappa shape index (κ2) is 4.45. The van der Waals surface area contributed by atoms with Crippen LogP contribution in [0.2, 0.25) is 0 Å². The molecule has 82 valence electrons. The molecule has 0 spiro atoms. The molecule has 2 aromatic rings. The summed E-state index contributed by atoms with van der Waals surface area (Å²) in [5.41, 5.74) is 0.432. The zero-order valence-corrected chi connectivity index (χ0v) is 10.1. The molecule has 0 fully saturated rings. The van der Waals surface area contributed by atoms with Crippen LogP contribution in [-0.4, -0.2) is 0 Å². The molecule has 0 saturated heterocycles. The van der Waals surface area contributed by atoms with Crippen LogP contribution in [0.1, 0.15) is 0 Å². The summed E-state index contributed by atoms with van der Waals surface area (Å²) in [5, 5.41) is 0. The number of benzene rings is 2. The van der Waals surface area contributed by atoms with Gasteiger partial charge >= 0.3 is 0 Å². The first-order valence-corrected chi connectivity index (χ1v) is 5.57. The Kier molecular flexibility index (Phi) is 3.18. The summed E-state index contributed by atoms with van der Waals surface area (Å²) < 4.78 is 40.1. The Morgan fingerprint density at radius 2 is 1.31 bits per heavy atom. The lowest BCUT2D eigenvalue weighted by molar-refractivity contribution is 0.511. The first-order chi connectivity index (χ1) is 7.61. The predicted octanol–water partition coefficient (Wildman–Crippen LogP) is 4.38. The van der Waals surface area contributed by atoms with Crippen molar-refractivity contribution in [2.24, 2.45) is 0 Å². The average molecular weight is 334 g/mol. The van der Waals surface area contributed by atoms with Crippen molar-refractivity contribution in [3.05, 3.63) is 57.4 Å². The highest BCUT2D eigenvalue weighted by Crippen LogP contribution is 2.29. The second-order valence-corrected chi connectivity index (χ2v) is 4.28. The molecule has 0 atom stereocenters. The third kappa shape index (κ3) is 1.93. The molecule has 0 nitrogen and oxygen atoms in total. The van der Waals surface area contributed by atoms with Crippen molar-refractivity contribution in [2.45, 2.75) is 0 Å². The lowest BCUT2D eigenvalue weighted by Crippen LogP contribution is -1.93. The van der Waals surface area contributed by atoms with Crippen LogP contribution in [0, 0.1) is 21.0 Å². The highest BCUT2D eigenvalue weighted by molar-refractivity contribution is 14.1. The maximum absolute atomic E-state index is 13.5. The van der Waals surface area contributed by atoms with E-state index >= 15 is 0 Å². The summed E-state index contributed by atoms with van der Waals surface area (Å²) in [4.78, 5) is 0. The van der Waals surface area contributed by atoms with Crippen LogP contribution in [0.15, 0.2) is 36.4 Å². The SMILES string of the molecule is Fc1cccc(-c2cccc(F)c2I)c1F. The molecule has 2 aromatic carbocycles. The summed E-state index contributed by atoms with van der Waals surface area (Å²) >= 11 is 1.77. The molecular weight excluding hydrogens is 328 g/mol. The topological polar surface area (TPSA) is 0 Å².